The molecule has 2 aliphatic rings. The third kappa shape index (κ3) is 2.68. The lowest BCUT2D eigenvalue weighted by Gasteiger charge is -2.33. The first kappa shape index (κ1) is 16.5. The van der Waals surface area contributed by atoms with Crippen LogP contribution in [-0.4, -0.2) is 52.0 Å². The van der Waals surface area contributed by atoms with E-state index in [4.69, 9.17) is 9.15 Å². The average Bonchev–Trinajstić information content (AvgIpc) is 3.09. The van der Waals surface area contributed by atoms with Gasteiger partial charge in [0.15, 0.2) is 0 Å². The Bertz CT molecular complexity index is 724. The summed E-state index contributed by atoms with van der Waals surface area (Å²) in [6.45, 7) is 5.88. The van der Waals surface area contributed by atoms with Gasteiger partial charge in [0.05, 0.1) is 7.11 Å². The van der Waals surface area contributed by atoms with Gasteiger partial charge in [-0.05, 0) is 45.2 Å². The number of ether oxygens (including phenoxy) is 1. The van der Waals surface area contributed by atoms with E-state index in [0.29, 0.717) is 24.9 Å². The molecule has 0 aliphatic carbocycles. The number of carbonyl (C=O) groups excluding carboxylic acids is 1. The molecule has 1 aromatic heterocycles. The summed E-state index contributed by atoms with van der Waals surface area (Å²) in [5, 5.41) is 3.32. The molecular weight excluding hydrogens is 320 g/mol. The standard InChI is InChI=1S/C15H22N2O5S/c1-9-13(15(18)21-3)14(10(2)22-9)23(19,20)17-5-4-11-6-16-7-12(11)8-17/h11-12,16H,4-8H2,1-3H3. The molecule has 0 saturated carbocycles. The predicted molar refractivity (Wildman–Crippen MR) is 82.7 cm³/mol. The molecule has 23 heavy (non-hydrogen) atoms. The van der Waals surface area contributed by atoms with Crippen LogP contribution < -0.4 is 5.32 Å². The highest BCUT2D eigenvalue weighted by Gasteiger charge is 2.41. The summed E-state index contributed by atoms with van der Waals surface area (Å²) < 4.78 is 37.8. The number of fused-ring (bicyclic) bond motifs is 1. The van der Waals surface area contributed by atoms with Crippen molar-refractivity contribution in [1.29, 1.82) is 0 Å². The fourth-order valence-corrected chi connectivity index (χ4v) is 5.54. The van der Waals surface area contributed by atoms with Crippen molar-refractivity contribution in [2.45, 2.75) is 25.2 Å². The number of methoxy groups -OCH3 is 1. The van der Waals surface area contributed by atoms with E-state index in [9.17, 15) is 13.2 Å². The number of nitrogens with one attached hydrogen (secondary N) is 1. The van der Waals surface area contributed by atoms with Gasteiger partial charge >= 0.3 is 5.97 Å². The normalized spacial score (nSPS) is 25.3. The van der Waals surface area contributed by atoms with Crippen molar-refractivity contribution in [3.63, 3.8) is 0 Å². The second-order valence-electron chi connectivity index (χ2n) is 6.24. The van der Waals surface area contributed by atoms with Gasteiger partial charge in [0.25, 0.3) is 0 Å². The Labute approximate surface area is 136 Å². The van der Waals surface area contributed by atoms with E-state index in [1.54, 1.807) is 13.8 Å². The van der Waals surface area contributed by atoms with Crippen LogP contribution >= 0.6 is 0 Å². The van der Waals surface area contributed by atoms with Gasteiger partial charge in [0.1, 0.15) is 22.0 Å². The van der Waals surface area contributed by atoms with Crippen LogP contribution in [0.3, 0.4) is 0 Å². The Balaban J connectivity index is 1.98. The molecule has 3 rings (SSSR count). The third-order valence-electron chi connectivity index (χ3n) is 4.86. The molecule has 0 amide bonds. The molecule has 2 atom stereocenters. The van der Waals surface area contributed by atoms with E-state index in [0.717, 1.165) is 19.5 Å². The Morgan fingerprint density at radius 1 is 1.26 bits per heavy atom. The van der Waals surface area contributed by atoms with Gasteiger partial charge in [0, 0.05) is 13.1 Å². The summed E-state index contributed by atoms with van der Waals surface area (Å²) in [5.74, 6) is 0.678. The Morgan fingerprint density at radius 3 is 2.65 bits per heavy atom. The van der Waals surface area contributed by atoms with Crippen molar-refractivity contribution in [3.05, 3.63) is 17.1 Å². The summed E-state index contributed by atoms with van der Waals surface area (Å²) in [4.78, 5) is 12.0. The number of sulfonamides is 1. The van der Waals surface area contributed by atoms with Crippen molar-refractivity contribution in [1.82, 2.24) is 9.62 Å². The van der Waals surface area contributed by atoms with Crippen molar-refractivity contribution in [3.8, 4) is 0 Å². The largest absolute Gasteiger partial charge is 0.465 e. The molecule has 1 N–H and O–H groups in total. The highest BCUT2D eigenvalue weighted by molar-refractivity contribution is 7.89. The maximum Gasteiger partial charge on any atom is 0.342 e. The van der Waals surface area contributed by atoms with Crippen molar-refractivity contribution in [2.75, 3.05) is 33.3 Å². The number of furan rings is 1. The summed E-state index contributed by atoms with van der Waals surface area (Å²) in [7, 11) is -2.55. The molecule has 0 spiro atoms. The highest BCUT2D eigenvalue weighted by atomic mass is 32.2. The molecule has 1 aromatic rings. The summed E-state index contributed by atoms with van der Waals surface area (Å²) in [6, 6.07) is 0. The van der Waals surface area contributed by atoms with E-state index in [1.807, 2.05) is 0 Å². The van der Waals surface area contributed by atoms with E-state index in [-0.39, 0.29) is 22.0 Å². The first-order chi connectivity index (χ1) is 10.9. The van der Waals surface area contributed by atoms with Crippen LogP contribution in [-0.2, 0) is 14.8 Å². The molecule has 0 aromatic carbocycles. The first-order valence-electron chi connectivity index (χ1n) is 7.75. The Hall–Kier alpha value is -1.38. The number of aryl methyl sites for hydroxylation is 2. The van der Waals surface area contributed by atoms with E-state index >= 15 is 0 Å². The van der Waals surface area contributed by atoms with Gasteiger partial charge in [0.2, 0.25) is 10.0 Å². The molecule has 128 valence electrons. The highest BCUT2D eigenvalue weighted by Crippen LogP contribution is 2.34. The molecule has 0 bridgehead atoms. The van der Waals surface area contributed by atoms with Crippen LogP contribution in [0.1, 0.15) is 28.3 Å². The topological polar surface area (TPSA) is 88.8 Å². The number of hydrogen-bond acceptors (Lipinski definition) is 6. The molecule has 3 heterocycles. The minimum absolute atomic E-state index is 0.0108. The molecule has 2 fully saturated rings. The number of hydrogen-bond donors (Lipinski definition) is 1. The molecule has 2 saturated heterocycles. The smallest absolute Gasteiger partial charge is 0.342 e. The van der Waals surface area contributed by atoms with Crippen molar-refractivity contribution >= 4 is 16.0 Å². The lowest BCUT2D eigenvalue weighted by molar-refractivity contribution is 0.0594. The van der Waals surface area contributed by atoms with Crippen LogP contribution in [0, 0.1) is 25.7 Å². The Morgan fingerprint density at radius 2 is 1.96 bits per heavy atom. The van der Waals surface area contributed by atoms with Crippen molar-refractivity contribution < 1.29 is 22.4 Å². The zero-order chi connectivity index (χ0) is 16.8. The fraction of sp³-hybridized carbons (Fsp3) is 0.667. The number of piperidine rings is 1. The summed E-state index contributed by atoms with van der Waals surface area (Å²) in [6.07, 6.45) is 0.834. The average molecular weight is 342 g/mol. The SMILES string of the molecule is COC(=O)c1c(C)oc(C)c1S(=O)(=O)N1CCC2CNCC2C1. The lowest BCUT2D eigenvalue weighted by Crippen LogP contribution is -2.43. The van der Waals surface area contributed by atoms with Crippen LogP contribution in [0.5, 0.6) is 0 Å². The quantitative estimate of drug-likeness (QED) is 0.822. The molecule has 2 aliphatic heterocycles. The molecule has 7 nitrogen and oxygen atoms in total. The molecular formula is C15H22N2O5S. The summed E-state index contributed by atoms with van der Waals surface area (Å²) >= 11 is 0. The van der Waals surface area contributed by atoms with Crippen LogP contribution in [0.15, 0.2) is 9.31 Å². The second kappa shape index (κ2) is 5.92. The van der Waals surface area contributed by atoms with Gasteiger partial charge in [-0.1, -0.05) is 0 Å². The van der Waals surface area contributed by atoms with Crippen molar-refractivity contribution in [2.24, 2.45) is 11.8 Å². The maximum atomic E-state index is 13.1. The lowest BCUT2D eigenvalue weighted by atomic mass is 9.90. The minimum Gasteiger partial charge on any atom is -0.465 e. The van der Waals surface area contributed by atoms with E-state index in [2.05, 4.69) is 5.32 Å². The molecule has 2 unspecified atom stereocenters. The first-order valence-corrected chi connectivity index (χ1v) is 9.19. The fourth-order valence-electron chi connectivity index (χ4n) is 3.66. The zero-order valence-electron chi connectivity index (χ0n) is 13.6. The van der Waals surface area contributed by atoms with E-state index in [1.165, 1.54) is 11.4 Å². The third-order valence-corrected chi connectivity index (χ3v) is 6.88. The van der Waals surface area contributed by atoms with Gasteiger partial charge in [-0.15, -0.1) is 0 Å². The van der Waals surface area contributed by atoms with Gasteiger partial charge in [-0.25, -0.2) is 13.2 Å². The predicted octanol–water partition coefficient (Wildman–Crippen LogP) is 0.913. The molecule has 0 radical (unpaired) electrons. The maximum absolute atomic E-state index is 13.1. The minimum atomic E-state index is -3.79. The van der Waals surface area contributed by atoms with Gasteiger partial charge < -0.3 is 14.5 Å². The van der Waals surface area contributed by atoms with Gasteiger partial charge in [-0.2, -0.15) is 4.31 Å². The van der Waals surface area contributed by atoms with Crippen LogP contribution in [0.2, 0.25) is 0 Å². The Kier molecular flexibility index (Phi) is 4.24. The van der Waals surface area contributed by atoms with Gasteiger partial charge in [-0.3, -0.25) is 0 Å². The van der Waals surface area contributed by atoms with E-state index < -0.39 is 16.0 Å². The second-order valence-corrected chi connectivity index (χ2v) is 8.12. The number of carbonyl (C=O) groups is 1. The zero-order valence-corrected chi connectivity index (χ0v) is 14.4. The number of nitrogens with zero attached hydrogens (tertiary/aromatic N) is 1. The summed E-state index contributed by atoms with van der Waals surface area (Å²) in [5.41, 5.74) is 0.0108. The molecule has 8 heteroatoms. The number of rotatable bonds is 3. The number of esters is 1. The van der Waals surface area contributed by atoms with Crippen LogP contribution in [0.25, 0.3) is 0 Å². The van der Waals surface area contributed by atoms with Crippen LogP contribution in [0.4, 0.5) is 0 Å². The monoisotopic (exact) mass is 342 g/mol.